The normalized spacial score (nSPS) is 19.3. The quantitative estimate of drug-likeness (QED) is 0.800. The molecule has 2 rings (SSSR count). The van der Waals surface area contributed by atoms with E-state index in [2.05, 4.69) is 10.4 Å². The van der Waals surface area contributed by atoms with Crippen molar-refractivity contribution in [1.82, 2.24) is 0 Å². The molecule has 0 bridgehead atoms. The lowest BCUT2D eigenvalue weighted by Crippen LogP contribution is -3.06. The highest BCUT2D eigenvalue weighted by atomic mass is 16.5. The molecule has 2 amide bonds. The Balaban J connectivity index is 2.42. The van der Waals surface area contributed by atoms with Crippen molar-refractivity contribution in [1.29, 1.82) is 0 Å². The molecule has 0 aromatic heterocycles. The summed E-state index contributed by atoms with van der Waals surface area (Å²) in [5.74, 6) is 0.727. The first kappa shape index (κ1) is 10.6. The van der Waals surface area contributed by atoms with Crippen molar-refractivity contribution >= 4 is 11.7 Å². The Morgan fingerprint density at radius 2 is 2.19 bits per heavy atom. The highest BCUT2D eigenvalue weighted by Gasteiger charge is 2.33. The number of nitrogens with one attached hydrogen (secondary N) is 1. The van der Waals surface area contributed by atoms with Crippen LogP contribution in [0.2, 0.25) is 0 Å². The number of anilines is 1. The molecule has 1 unspecified atom stereocenters. The third-order valence-electron chi connectivity index (χ3n) is 2.49. The number of rotatable bonds is 2. The Bertz CT molecular complexity index is 458. The zero-order valence-electron chi connectivity index (χ0n) is 9.39. The Labute approximate surface area is 93.1 Å². The van der Waals surface area contributed by atoms with Crippen molar-refractivity contribution in [3.8, 4) is 5.75 Å². The zero-order chi connectivity index (χ0) is 11.7. The highest BCUT2D eigenvalue weighted by Crippen LogP contribution is 2.28. The topological polar surface area (TPSA) is 58.7 Å². The van der Waals surface area contributed by atoms with E-state index in [1.54, 1.807) is 14.2 Å². The molecule has 0 aliphatic carbocycles. The van der Waals surface area contributed by atoms with E-state index in [4.69, 9.17) is 4.74 Å². The van der Waals surface area contributed by atoms with Crippen LogP contribution in [0.15, 0.2) is 28.6 Å². The van der Waals surface area contributed by atoms with Gasteiger partial charge in [-0.3, -0.25) is 0 Å². The van der Waals surface area contributed by atoms with Crippen LogP contribution in [0.3, 0.4) is 0 Å². The van der Waals surface area contributed by atoms with Gasteiger partial charge < -0.3 is 4.74 Å². The summed E-state index contributed by atoms with van der Waals surface area (Å²) in [6.45, 7) is 1.88. The number of carbonyl (C=O) groups is 1. The van der Waals surface area contributed by atoms with E-state index in [9.17, 15) is 4.79 Å². The summed E-state index contributed by atoms with van der Waals surface area (Å²) in [4.78, 5) is 11.7. The maximum atomic E-state index is 11.7. The fraction of sp³-hybridized carbons (Fsp3) is 0.300. The monoisotopic (exact) mass is 221 g/mol. The highest BCUT2D eigenvalue weighted by molar-refractivity contribution is 5.87. The van der Waals surface area contributed by atoms with E-state index in [0.29, 0.717) is 10.7 Å². The lowest BCUT2D eigenvalue weighted by Gasteiger charge is -2.13. The van der Waals surface area contributed by atoms with Crippen molar-refractivity contribution in [2.75, 3.05) is 19.2 Å². The molecule has 1 heterocycles. The van der Waals surface area contributed by atoms with Crippen LogP contribution in [0.25, 0.3) is 0 Å². The number of methoxy groups -OCH3 is 1. The van der Waals surface area contributed by atoms with Crippen LogP contribution in [0.1, 0.15) is 5.56 Å². The van der Waals surface area contributed by atoms with Gasteiger partial charge in [0.05, 0.1) is 18.0 Å². The number of quaternary nitrogens is 1. The molecule has 1 N–H and O–H groups in total. The summed E-state index contributed by atoms with van der Waals surface area (Å²) >= 11 is 0. The van der Waals surface area contributed by atoms with Gasteiger partial charge in [0.2, 0.25) is 0 Å². The van der Waals surface area contributed by atoms with Gasteiger partial charge in [-0.15, -0.1) is 10.0 Å². The van der Waals surface area contributed by atoms with Gasteiger partial charge in [0.1, 0.15) is 12.8 Å². The average Bonchev–Trinajstić information content (AvgIpc) is 2.61. The number of ether oxygens (including phenoxy) is 1. The third-order valence-corrected chi connectivity index (χ3v) is 2.49. The third kappa shape index (κ3) is 1.53. The minimum Gasteiger partial charge on any atom is -0.496 e. The minimum atomic E-state index is -0.198. The number of urea groups is 1. The van der Waals surface area contributed by atoms with Crippen molar-refractivity contribution in [2.45, 2.75) is 6.92 Å². The first-order valence-corrected chi connectivity index (χ1v) is 4.88. The van der Waals surface area contributed by atoms with Crippen LogP contribution in [-0.4, -0.2) is 20.2 Å². The molecule has 1 aliphatic rings. The Morgan fingerprint density at radius 3 is 2.75 bits per heavy atom. The van der Waals surface area contributed by atoms with Crippen molar-refractivity contribution in [2.24, 2.45) is 10.4 Å². The Hall–Kier alpha value is -1.95. The molecule has 1 atom stereocenters. The molecule has 84 valence electrons. The lowest BCUT2D eigenvalue weighted by molar-refractivity contribution is -0.797. The average molecular weight is 221 g/mol. The maximum absolute atomic E-state index is 11.7. The van der Waals surface area contributed by atoms with E-state index in [-0.39, 0.29) is 6.03 Å². The zero-order valence-corrected chi connectivity index (χ0v) is 9.39. The summed E-state index contributed by atoms with van der Waals surface area (Å²) in [6, 6.07) is 5.27. The van der Waals surface area contributed by atoms with Crippen LogP contribution in [-0.2, 0) is 0 Å². The van der Waals surface area contributed by atoms with E-state index < -0.39 is 0 Å². The van der Waals surface area contributed by atoms with Gasteiger partial charge in [0.25, 0.3) is 0 Å². The van der Waals surface area contributed by atoms with Gasteiger partial charge in [-0.1, -0.05) is 6.07 Å². The van der Waals surface area contributed by atoms with Crippen LogP contribution < -0.4 is 14.8 Å². The van der Waals surface area contributed by atoms with E-state index >= 15 is 0 Å². The molecule has 1 aliphatic heterocycles. The summed E-state index contributed by atoms with van der Waals surface area (Å²) in [5.41, 5.74) is 1.57. The summed E-state index contributed by atoms with van der Waals surface area (Å²) < 4.78 is 5.19. The molecule has 0 radical (unpaired) electrons. The van der Waals surface area contributed by atoms with Gasteiger partial charge in [-0.05, 0) is 24.3 Å². The fourth-order valence-electron chi connectivity index (χ4n) is 1.56. The van der Waals surface area contributed by atoms with Crippen molar-refractivity contribution < 1.29 is 14.5 Å². The number of carbonyl (C=O) groups excluding carboxylic acids is 1. The summed E-state index contributed by atoms with van der Waals surface area (Å²) in [5, 5.41) is 9.25. The van der Waals surface area contributed by atoms with Gasteiger partial charge in [-0.25, -0.2) is 4.79 Å². The number of benzene rings is 1. The second-order valence-electron chi connectivity index (χ2n) is 3.50. The molecule has 1 aromatic rings. The van der Waals surface area contributed by atoms with E-state index in [0.717, 1.165) is 11.3 Å². The molecule has 1 aromatic carbocycles. The van der Waals surface area contributed by atoms with E-state index in [1.165, 1.54) is 5.01 Å². The Morgan fingerprint density at radius 1 is 1.44 bits per heavy atom. The smallest absolute Gasteiger partial charge is 0.471 e. The van der Waals surface area contributed by atoms with Gasteiger partial charge >= 0.3 is 6.03 Å². The second kappa shape index (κ2) is 3.90. The SMILES string of the molecule is COc1cccc(N2N=N[NH+](C)C2=O)c1C. The number of hydrogen-bond acceptors (Lipinski definition) is 4. The van der Waals surface area contributed by atoms with Gasteiger partial charge in [-0.2, -0.15) is 0 Å². The molecule has 6 heteroatoms. The van der Waals surface area contributed by atoms with Crippen LogP contribution in [0.5, 0.6) is 5.75 Å². The van der Waals surface area contributed by atoms with Gasteiger partial charge in [0, 0.05) is 5.56 Å². The molecule has 0 spiro atoms. The van der Waals surface area contributed by atoms with Crippen molar-refractivity contribution in [3.63, 3.8) is 0 Å². The fourth-order valence-corrected chi connectivity index (χ4v) is 1.56. The maximum Gasteiger partial charge on any atom is 0.471 e. The standard InChI is InChI=1S/C10H12N4O2/c1-7-8(5-4-6-9(7)16-3)14-10(15)13(2)11-12-14/h4-6H,1-3H3/p+1. The molecule has 16 heavy (non-hydrogen) atoms. The molecular formula is C10H13N4O2+. The van der Waals surface area contributed by atoms with Crippen molar-refractivity contribution in [3.05, 3.63) is 23.8 Å². The number of hydrogen-bond donors (Lipinski definition) is 1. The summed E-state index contributed by atoms with van der Waals surface area (Å²) in [7, 11) is 3.23. The minimum absolute atomic E-state index is 0.198. The Kier molecular flexibility index (Phi) is 2.57. The van der Waals surface area contributed by atoms with Crippen LogP contribution in [0, 0.1) is 6.92 Å². The first-order chi connectivity index (χ1) is 7.65. The largest absolute Gasteiger partial charge is 0.496 e. The lowest BCUT2D eigenvalue weighted by atomic mass is 10.2. The number of amides is 2. The molecular weight excluding hydrogens is 208 g/mol. The predicted octanol–water partition coefficient (Wildman–Crippen LogP) is 0.741. The molecule has 6 nitrogen and oxygen atoms in total. The molecule has 0 saturated heterocycles. The number of nitrogens with zero attached hydrogens (tertiary/aromatic N) is 3. The predicted molar refractivity (Wildman–Crippen MR) is 57.3 cm³/mol. The van der Waals surface area contributed by atoms with Crippen LogP contribution in [0.4, 0.5) is 10.5 Å². The second-order valence-corrected chi connectivity index (χ2v) is 3.50. The van der Waals surface area contributed by atoms with Gasteiger partial charge in [0.15, 0.2) is 0 Å². The molecule has 0 saturated carbocycles. The summed E-state index contributed by atoms with van der Waals surface area (Å²) in [6.07, 6.45) is 0. The molecule has 0 fully saturated rings. The van der Waals surface area contributed by atoms with Crippen LogP contribution >= 0.6 is 0 Å². The first-order valence-electron chi connectivity index (χ1n) is 4.88. The van der Waals surface area contributed by atoms with E-state index in [1.807, 2.05) is 25.1 Å².